The minimum Gasteiger partial charge on any atom is -0.481 e. The van der Waals surface area contributed by atoms with Crippen molar-refractivity contribution in [2.45, 2.75) is 20.3 Å². The van der Waals surface area contributed by atoms with E-state index in [-0.39, 0.29) is 11.7 Å². The summed E-state index contributed by atoms with van der Waals surface area (Å²) < 4.78 is 31.3. The van der Waals surface area contributed by atoms with Crippen molar-refractivity contribution in [3.8, 4) is 5.75 Å². The number of amides is 2. The zero-order chi connectivity index (χ0) is 18.4. The highest BCUT2D eigenvalue weighted by molar-refractivity contribution is 5.95. The smallest absolute Gasteiger partial charge is 0.262 e. The fourth-order valence-electron chi connectivity index (χ4n) is 2.01. The molecule has 0 saturated heterocycles. The number of rotatable bonds is 6. The van der Waals surface area contributed by atoms with E-state index in [1.165, 1.54) is 0 Å². The average Bonchev–Trinajstić information content (AvgIpc) is 2.57. The first-order chi connectivity index (χ1) is 11.9. The molecule has 2 N–H and O–H groups in total. The molecule has 0 atom stereocenters. The minimum absolute atomic E-state index is 0.142. The van der Waals surface area contributed by atoms with Crippen molar-refractivity contribution in [2.24, 2.45) is 0 Å². The molecule has 0 spiro atoms. The van der Waals surface area contributed by atoms with Crippen LogP contribution in [0.4, 0.5) is 20.2 Å². The van der Waals surface area contributed by atoms with Crippen molar-refractivity contribution < 1.29 is 23.1 Å². The van der Waals surface area contributed by atoms with Gasteiger partial charge in [-0.1, -0.05) is 13.0 Å². The molecule has 0 unspecified atom stereocenters. The summed E-state index contributed by atoms with van der Waals surface area (Å²) in [6, 6.07) is 7.94. The maximum atomic E-state index is 13.5. The van der Waals surface area contributed by atoms with E-state index >= 15 is 0 Å². The van der Waals surface area contributed by atoms with Crippen LogP contribution in [-0.2, 0) is 9.59 Å². The lowest BCUT2D eigenvalue weighted by Gasteiger charge is -2.12. The Hall–Kier alpha value is -2.96. The fraction of sp³-hybridized carbons (Fsp3) is 0.222. The van der Waals surface area contributed by atoms with Gasteiger partial charge in [-0.2, -0.15) is 0 Å². The summed E-state index contributed by atoms with van der Waals surface area (Å²) in [4.78, 5) is 23.4. The van der Waals surface area contributed by atoms with Gasteiger partial charge in [0.15, 0.2) is 18.2 Å². The van der Waals surface area contributed by atoms with Gasteiger partial charge in [-0.05, 0) is 36.8 Å². The molecule has 0 aromatic heterocycles. The molecular formula is C18H18F2N2O3. The zero-order valence-corrected chi connectivity index (χ0v) is 13.9. The van der Waals surface area contributed by atoms with E-state index in [0.29, 0.717) is 23.9 Å². The zero-order valence-electron chi connectivity index (χ0n) is 13.9. The number of carbonyl (C=O) groups excluding carboxylic acids is 2. The van der Waals surface area contributed by atoms with Gasteiger partial charge < -0.3 is 15.4 Å². The third-order valence-electron chi connectivity index (χ3n) is 3.37. The number of hydrogen-bond donors (Lipinski definition) is 2. The SMILES string of the molecule is CCC(=O)Nc1ccc(C)c(NC(=O)COc2ccc(F)cc2F)c1. The molecule has 2 rings (SSSR count). The number of ether oxygens (including phenoxy) is 1. The summed E-state index contributed by atoms with van der Waals surface area (Å²) in [6.07, 6.45) is 0.340. The highest BCUT2D eigenvalue weighted by atomic mass is 19.1. The molecule has 2 aromatic rings. The average molecular weight is 348 g/mol. The lowest BCUT2D eigenvalue weighted by Crippen LogP contribution is -2.21. The van der Waals surface area contributed by atoms with E-state index in [1.54, 1.807) is 32.0 Å². The third kappa shape index (κ3) is 5.27. The molecule has 0 heterocycles. The number of anilines is 2. The number of aryl methyl sites for hydroxylation is 1. The Morgan fingerprint density at radius 3 is 2.48 bits per heavy atom. The van der Waals surface area contributed by atoms with Gasteiger partial charge in [-0.3, -0.25) is 9.59 Å². The van der Waals surface area contributed by atoms with Crippen LogP contribution in [0.25, 0.3) is 0 Å². The molecule has 7 heteroatoms. The Morgan fingerprint density at radius 2 is 1.80 bits per heavy atom. The summed E-state index contributed by atoms with van der Waals surface area (Å²) in [6.45, 7) is 3.09. The van der Waals surface area contributed by atoms with Gasteiger partial charge in [0.05, 0.1) is 0 Å². The second-order valence-electron chi connectivity index (χ2n) is 5.34. The van der Waals surface area contributed by atoms with Crippen LogP contribution in [0.5, 0.6) is 5.75 Å². The Labute approximate surface area is 144 Å². The highest BCUT2D eigenvalue weighted by Crippen LogP contribution is 2.21. The Morgan fingerprint density at radius 1 is 1.04 bits per heavy atom. The van der Waals surface area contributed by atoms with Gasteiger partial charge in [-0.25, -0.2) is 8.78 Å². The summed E-state index contributed by atoms with van der Waals surface area (Å²) in [5.74, 6) is -2.47. The normalized spacial score (nSPS) is 10.2. The van der Waals surface area contributed by atoms with Crippen molar-refractivity contribution in [2.75, 3.05) is 17.2 Å². The predicted octanol–water partition coefficient (Wildman–Crippen LogP) is 3.64. The molecule has 25 heavy (non-hydrogen) atoms. The molecule has 5 nitrogen and oxygen atoms in total. The van der Waals surface area contributed by atoms with Crippen LogP contribution in [0.3, 0.4) is 0 Å². The number of carbonyl (C=O) groups is 2. The number of nitrogens with one attached hydrogen (secondary N) is 2. The van der Waals surface area contributed by atoms with Crippen molar-refractivity contribution >= 4 is 23.2 Å². The summed E-state index contributed by atoms with van der Waals surface area (Å²) >= 11 is 0. The first kappa shape index (κ1) is 18.4. The van der Waals surface area contributed by atoms with Crippen molar-refractivity contribution in [3.63, 3.8) is 0 Å². The molecule has 0 radical (unpaired) electrons. The first-order valence-corrected chi connectivity index (χ1v) is 7.67. The minimum atomic E-state index is -0.881. The van der Waals surface area contributed by atoms with Gasteiger partial charge >= 0.3 is 0 Å². The highest BCUT2D eigenvalue weighted by Gasteiger charge is 2.10. The molecule has 2 aromatic carbocycles. The quantitative estimate of drug-likeness (QED) is 0.837. The van der Waals surface area contributed by atoms with Gasteiger partial charge in [-0.15, -0.1) is 0 Å². The van der Waals surface area contributed by atoms with Crippen LogP contribution in [-0.4, -0.2) is 18.4 Å². The largest absolute Gasteiger partial charge is 0.481 e. The Kier molecular flexibility index (Phi) is 6.05. The van der Waals surface area contributed by atoms with Crippen molar-refractivity contribution in [1.82, 2.24) is 0 Å². The summed E-state index contributed by atoms with van der Waals surface area (Å²) in [5, 5.41) is 5.33. The molecule has 0 aliphatic rings. The predicted molar refractivity (Wildman–Crippen MR) is 90.6 cm³/mol. The van der Waals surface area contributed by atoms with Crippen LogP contribution in [0, 0.1) is 18.6 Å². The second-order valence-corrected chi connectivity index (χ2v) is 5.34. The summed E-state index contributed by atoms with van der Waals surface area (Å²) in [7, 11) is 0. The van der Waals surface area contributed by atoms with E-state index < -0.39 is 24.1 Å². The van der Waals surface area contributed by atoms with Crippen LogP contribution in [0.1, 0.15) is 18.9 Å². The van der Waals surface area contributed by atoms with Crippen LogP contribution >= 0.6 is 0 Å². The molecular weight excluding hydrogens is 330 g/mol. The van der Waals surface area contributed by atoms with Crippen molar-refractivity contribution in [3.05, 3.63) is 53.6 Å². The fourth-order valence-corrected chi connectivity index (χ4v) is 2.01. The lowest BCUT2D eigenvalue weighted by molar-refractivity contribution is -0.118. The van der Waals surface area contributed by atoms with Crippen LogP contribution < -0.4 is 15.4 Å². The van der Waals surface area contributed by atoms with E-state index in [0.717, 1.165) is 17.7 Å². The molecule has 0 aliphatic carbocycles. The lowest BCUT2D eigenvalue weighted by atomic mass is 10.1. The van der Waals surface area contributed by atoms with Gasteiger partial charge in [0.1, 0.15) is 5.82 Å². The summed E-state index contributed by atoms with van der Waals surface area (Å²) in [5.41, 5.74) is 1.84. The molecule has 132 valence electrons. The Bertz CT molecular complexity index is 794. The maximum Gasteiger partial charge on any atom is 0.262 e. The van der Waals surface area contributed by atoms with Gasteiger partial charge in [0.25, 0.3) is 5.91 Å². The third-order valence-corrected chi connectivity index (χ3v) is 3.37. The number of hydrogen-bond acceptors (Lipinski definition) is 3. The Balaban J connectivity index is 1.99. The van der Waals surface area contributed by atoms with E-state index in [9.17, 15) is 18.4 Å². The van der Waals surface area contributed by atoms with Crippen LogP contribution in [0.2, 0.25) is 0 Å². The van der Waals surface area contributed by atoms with E-state index in [1.807, 2.05) is 0 Å². The molecule has 0 bridgehead atoms. The van der Waals surface area contributed by atoms with Gasteiger partial charge in [0.2, 0.25) is 5.91 Å². The van der Waals surface area contributed by atoms with E-state index in [2.05, 4.69) is 10.6 Å². The number of benzene rings is 2. The first-order valence-electron chi connectivity index (χ1n) is 7.67. The van der Waals surface area contributed by atoms with Crippen LogP contribution in [0.15, 0.2) is 36.4 Å². The maximum absolute atomic E-state index is 13.5. The monoisotopic (exact) mass is 348 g/mol. The molecule has 0 fully saturated rings. The molecule has 2 amide bonds. The molecule has 0 aliphatic heterocycles. The standard InChI is InChI=1S/C18H18F2N2O3/c1-3-17(23)21-13-6-4-11(2)15(9-13)22-18(24)10-25-16-7-5-12(19)8-14(16)20/h4-9H,3,10H2,1-2H3,(H,21,23)(H,22,24). The topological polar surface area (TPSA) is 67.4 Å². The second kappa shape index (κ2) is 8.23. The number of halogens is 2. The van der Waals surface area contributed by atoms with Crippen molar-refractivity contribution in [1.29, 1.82) is 0 Å². The molecule has 0 saturated carbocycles. The van der Waals surface area contributed by atoms with Gasteiger partial charge in [0, 0.05) is 23.9 Å². The van der Waals surface area contributed by atoms with E-state index in [4.69, 9.17) is 4.74 Å².